The smallest absolute Gasteiger partial charge is 0.262 e. The number of carbonyl (C=O) groups is 3. The molecule has 0 fully saturated rings. The second-order valence-electron chi connectivity index (χ2n) is 6.18. The molecule has 3 rings (SSSR count). The van der Waals surface area contributed by atoms with Gasteiger partial charge >= 0.3 is 0 Å². The molecule has 1 aliphatic rings. The zero-order valence-electron chi connectivity index (χ0n) is 14.4. The summed E-state index contributed by atoms with van der Waals surface area (Å²) in [6, 6.07) is 13.0. The summed E-state index contributed by atoms with van der Waals surface area (Å²) in [4.78, 5) is 39.4. The number of halogens is 1. The maximum absolute atomic E-state index is 12.9. The highest BCUT2D eigenvalue weighted by Gasteiger charge is 2.42. The fourth-order valence-corrected chi connectivity index (χ4v) is 3.29. The predicted molar refractivity (Wildman–Crippen MR) is 103 cm³/mol. The Balaban J connectivity index is 1.86. The Morgan fingerprint density at radius 3 is 2.15 bits per heavy atom. The second-order valence-corrected chi connectivity index (χ2v) is 7.10. The van der Waals surface area contributed by atoms with Gasteiger partial charge in [0, 0.05) is 10.2 Å². The number of hydrogen-bond acceptors (Lipinski definition) is 3. The van der Waals surface area contributed by atoms with Crippen LogP contribution in [0.25, 0.3) is 0 Å². The molecule has 0 aromatic heterocycles. The van der Waals surface area contributed by atoms with Gasteiger partial charge < -0.3 is 5.32 Å². The first-order chi connectivity index (χ1) is 12.5. The van der Waals surface area contributed by atoms with Gasteiger partial charge in [-0.1, -0.05) is 47.8 Å². The number of rotatable bonds is 6. The van der Waals surface area contributed by atoms with Gasteiger partial charge in [0.05, 0.1) is 11.1 Å². The van der Waals surface area contributed by atoms with Crippen LogP contribution in [0, 0.1) is 0 Å². The van der Waals surface area contributed by atoms with Crippen LogP contribution in [0.15, 0.2) is 53.0 Å². The standard InChI is InChI=1S/C20H19BrN2O3/c1-2-3-8-17(18(24)22-14-11-9-13(21)10-12-14)23-19(25)15-6-4-5-7-16(15)20(23)26/h4-7,9-12,17H,2-3,8H2,1H3,(H,22,24)/t17-/m1/s1. The van der Waals surface area contributed by atoms with Crippen molar-refractivity contribution in [3.63, 3.8) is 0 Å². The van der Waals surface area contributed by atoms with E-state index < -0.39 is 17.9 Å². The molecule has 2 aromatic carbocycles. The van der Waals surface area contributed by atoms with E-state index in [1.807, 2.05) is 19.1 Å². The molecule has 1 heterocycles. The number of benzene rings is 2. The summed E-state index contributed by atoms with van der Waals surface area (Å²) in [5, 5.41) is 2.82. The van der Waals surface area contributed by atoms with Gasteiger partial charge in [0.15, 0.2) is 0 Å². The van der Waals surface area contributed by atoms with Crippen LogP contribution in [0.2, 0.25) is 0 Å². The molecule has 2 aromatic rings. The highest BCUT2D eigenvalue weighted by molar-refractivity contribution is 9.10. The molecule has 26 heavy (non-hydrogen) atoms. The Hall–Kier alpha value is -2.47. The maximum Gasteiger partial charge on any atom is 0.262 e. The van der Waals surface area contributed by atoms with E-state index in [1.165, 1.54) is 0 Å². The van der Waals surface area contributed by atoms with Crippen molar-refractivity contribution in [2.75, 3.05) is 5.32 Å². The van der Waals surface area contributed by atoms with Crippen LogP contribution in [0.3, 0.4) is 0 Å². The fraction of sp³-hybridized carbons (Fsp3) is 0.250. The molecule has 3 amide bonds. The molecule has 0 radical (unpaired) electrons. The first-order valence-corrected chi connectivity index (χ1v) is 9.35. The Bertz CT molecular complexity index is 813. The lowest BCUT2D eigenvalue weighted by Crippen LogP contribution is -2.47. The Kier molecular flexibility index (Phi) is 5.52. The van der Waals surface area contributed by atoms with E-state index in [1.54, 1.807) is 36.4 Å². The molecule has 0 unspecified atom stereocenters. The molecule has 1 atom stereocenters. The zero-order valence-corrected chi connectivity index (χ0v) is 16.0. The van der Waals surface area contributed by atoms with Crippen LogP contribution in [-0.2, 0) is 4.79 Å². The van der Waals surface area contributed by atoms with Gasteiger partial charge in [-0.3, -0.25) is 19.3 Å². The Labute approximate surface area is 160 Å². The van der Waals surface area contributed by atoms with E-state index in [-0.39, 0.29) is 5.91 Å². The van der Waals surface area contributed by atoms with E-state index in [0.717, 1.165) is 22.2 Å². The number of hydrogen-bond donors (Lipinski definition) is 1. The maximum atomic E-state index is 12.9. The second kappa shape index (κ2) is 7.83. The monoisotopic (exact) mass is 414 g/mol. The summed E-state index contributed by atoms with van der Waals surface area (Å²) in [6.07, 6.45) is 2.04. The lowest BCUT2D eigenvalue weighted by Gasteiger charge is -2.25. The van der Waals surface area contributed by atoms with Gasteiger partial charge in [0.1, 0.15) is 6.04 Å². The lowest BCUT2D eigenvalue weighted by atomic mass is 10.1. The van der Waals surface area contributed by atoms with Gasteiger partial charge in [-0.25, -0.2) is 0 Å². The Morgan fingerprint density at radius 2 is 1.62 bits per heavy atom. The van der Waals surface area contributed by atoms with E-state index in [0.29, 0.717) is 23.2 Å². The largest absolute Gasteiger partial charge is 0.324 e. The first kappa shape index (κ1) is 18.3. The SMILES string of the molecule is CCCC[C@H](C(=O)Nc1ccc(Br)cc1)N1C(=O)c2ccccc2C1=O. The number of imide groups is 1. The molecular weight excluding hydrogens is 396 g/mol. The average Bonchev–Trinajstić information content (AvgIpc) is 2.89. The highest BCUT2D eigenvalue weighted by atomic mass is 79.9. The van der Waals surface area contributed by atoms with Crippen molar-refractivity contribution in [1.82, 2.24) is 4.90 Å². The third-order valence-corrected chi connectivity index (χ3v) is 4.91. The summed E-state index contributed by atoms with van der Waals surface area (Å²) in [5.41, 5.74) is 1.34. The molecule has 0 aliphatic carbocycles. The van der Waals surface area contributed by atoms with Gasteiger partial charge in [0.25, 0.3) is 11.8 Å². The van der Waals surface area contributed by atoms with Crippen molar-refractivity contribution in [1.29, 1.82) is 0 Å². The first-order valence-electron chi connectivity index (χ1n) is 8.56. The molecule has 1 aliphatic heterocycles. The van der Waals surface area contributed by atoms with Gasteiger partial charge in [-0.05, 0) is 42.8 Å². The van der Waals surface area contributed by atoms with E-state index in [2.05, 4.69) is 21.2 Å². The minimum Gasteiger partial charge on any atom is -0.324 e. The number of fused-ring (bicyclic) bond motifs is 1. The van der Waals surface area contributed by atoms with Crippen molar-refractivity contribution in [3.8, 4) is 0 Å². The van der Waals surface area contributed by atoms with Gasteiger partial charge in [-0.15, -0.1) is 0 Å². The third kappa shape index (κ3) is 3.55. The highest BCUT2D eigenvalue weighted by Crippen LogP contribution is 2.27. The van der Waals surface area contributed by atoms with Crippen LogP contribution in [0.4, 0.5) is 5.69 Å². The molecule has 0 bridgehead atoms. The molecule has 134 valence electrons. The zero-order chi connectivity index (χ0) is 18.7. The Morgan fingerprint density at radius 1 is 1.04 bits per heavy atom. The number of nitrogens with one attached hydrogen (secondary N) is 1. The van der Waals surface area contributed by atoms with Crippen molar-refractivity contribution >= 4 is 39.3 Å². The summed E-state index contributed by atoms with van der Waals surface area (Å²) >= 11 is 3.35. The van der Waals surface area contributed by atoms with Crippen LogP contribution < -0.4 is 5.32 Å². The van der Waals surface area contributed by atoms with E-state index in [4.69, 9.17) is 0 Å². The molecule has 0 spiro atoms. The van der Waals surface area contributed by atoms with E-state index in [9.17, 15) is 14.4 Å². The van der Waals surface area contributed by atoms with Crippen molar-refractivity contribution < 1.29 is 14.4 Å². The summed E-state index contributed by atoms with van der Waals surface area (Å²) in [5.74, 6) is -1.16. The minimum absolute atomic E-state index is 0.352. The van der Waals surface area contributed by atoms with Crippen molar-refractivity contribution in [2.45, 2.75) is 32.2 Å². The predicted octanol–water partition coefficient (Wildman–Crippen LogP) is 4.24. The number of anilines is 1. The van der Waals surface area contributed by atoms with Gasteiger partial charge in [-0.2, -0.15) is 0 Å². The fourth-order valence-electron chi connectivity index (χ4n) is 3.02. The van der Waals surface area contributed by atoms with Crippen LogP contribution in [0.5, 0.6) is 0 Å². The number of amides is 3. The number of unbranched alkanes of at least 4 members (excludes halogenated alkanes) is 1. The third-order valence-electron chi connectivity index (χ3n) is 4.38. The molecule has 0 saturated carbocycles. The summed E-state index contributed by atoms with van der Waals surface area (Å²) in [6.45, 7) is 2.01. The van der Waals surface area contributed by atoms with E-state index >= 15 is 0 Å². The number of nitrogens with zero attached hydrogens (tertiary/aromatic N) is 1. The normalized spacial score (nSPS) is 14.3. The quantitative estimate of drug-likeness (QED) is 0.718. The van der Waals surface area contributed by atoms with Gasteiger partial charge in [0.2, 0.25) is 5.91 Å². The molecular formula is C20H19BrN2O3. The van der Waals surface area contributed by atoms with Crippen LogP contribution in [0.1, 0.15) is 46.9 Å². The van der Waals surface area contributed by atoms with Crippen molar-refractivity contribution in [2.24, 2.45) is 0 Å². The average molecular weight is 415 g/mol. The van der Waals surface area contributed by atoms with Crippen molar-refractivity contribution in [3.05, 3.63) is 64.1 Å². The van der Waals surface area contributed by atoms with Crippen LogP contribution in [-0.4, -0.2) is 28.7 Å². The molecule has 0 saturated heterocycles. The molecule has 1 N–H and O–H groups in total. The summed E-state index contributed by atoms with van der Waals surface area (Å²) in [7, 11) is 0. The molecule has 5 nitrogen and oxygen atoms in total. The summed E-state index contributed by atoms with van der Waals surface area (Å²) < 4.78 is 0.901. The molecule has 6 heteroatoms. The van der Waals surface area contributed by atoms with Crippen LogP contribution >= 0.6 is 15.9 Å². The number of carbonyl (C=O) groups excluding carboxylic acids is 3. The lowest BCUT2D eigenvalue weighted by molar-refractivity contribution is -0.120. The minimum atomic E-state index is -0.828. The topological polar surface area (TPSA) is 66.5 Å².